The van der Waals surface area contributed by atoms with Crippen molar-refractivity contribution < 1.29 is 4.74 Å². The van der Waals surface area contributed by atoms with Gasteiger partial charge in [0.05, 0.1) is 12.7 Å². The zero-order valence-corrected chi connectivity index (χ0v) is 11.3. The minimum atomic E-state index is 0.525. The van der Waals surface area contributed by atoms with Gasteiger partial charge in [0.2, 0.25) is 0 Å². The van der Waals surface area contributed by atoms with Crippen molar-refractivity contribution in [3.05, 3.63) is 0 Å². The van der Waals surface area contributed by atoms with Crippen molar-refractivity contribution in [2.75, 3.05) is 13.2 Å². The first-order valence-electron chi connectivity index (χ1n) is 7.12. The fraction of sp³-hybridized carbons (Fsp3) is 1.00. The van der Waals surface area contributed by atoms with E-state index in [2.05, 4.69) is 26.1 Å². The van der Waals surface area contributed by atoms with Crippen LogP contribution in [0.1, 0.15) is 59.3 Å². The van der Waals surface area contributed by atoms with Crippen molar-refractivity contribution >= 4 is 0 Å². The molecule has 0 aromatic rings. The van der Waals surface area contributed by atoms with Gasteiger partial charge in [-0.3, -0.25) is 0 Å². The number of hydrogen-bond donors (Lipinski definition) is 1. The minimum absolute atomic E-state index is 0.525. The average Bonchev–Trinajstić information content (AvgIpc) is 2.31. The Balaban J connectivity index is 2.05. The van der Waals surface area contributed by atoms with E-state index in [4.69, 9.17) is 4.74 Å². The highest BCUT2D eigenvalue weighted by molar-refractivity contribution is 4.72. The summed E-state index contributed by atoms with van der Waals surface area (Å²) >= 11 is 0. The van der Waals surface area contributed by atoms with Gasteiger partial charge in [-0.25, -0.2) is 0 Å². The molecule has 1 aliphatic carbocycles. The number of nitrogens with one attached hydrogen (secondary N) is 1. The van der Waals surface area contributed by atoms with Crippen LogP contribution in [0.15, 0.2) is 0 Å². The fourth-order valence-corrected chi connectivity index (χ4v) is 2.58. The van der Waals surface area contributed by atoms with E-state index in [0.29, 0.717) is 12.1 Å². The summed E-state index contributed by atoms with van der Waals surface area (Å²) in [5.41, 5.74) is 0. The lowest BCUT2D eigenvalue weighted by atomic mass is 9.88. The van der Waals surface area contributed by atoms with E-state index in [-0.39, 0.29) is 0 Å². The fourth-order valence-electron chi connectivity index (χ4n) is 2.58. The van der Waals surface area contributed by atoms with E-state index < -0.39 is 0 Å². The Morgan fingerprint density at radius 1 is 1.19 bits per heavy atom. The summed E-state index contributed by atoms with van der Waals surface area (Å²) in [5.74, 6) is 0.766. The van der Waals surface area contributed by atoms with Crippen LogP contribution in [-0.4, -0.2) is 25.3 Å². The topological polar surface area (TPSA) is 21.3 Å². The third-order valence-corrected chi connectivity index (χ3v) is 3.89. The predicted molar refractivity (Wildman–Crippen MR) is 69.7 cm³/mol. The molecule has 2 heteroatoms. The highest BCUT2D eigenvalue weighted by Gasteiger charge is 2.21. The molecule has 0 radical (unpaired) electrons. The Bertz CT molecular complexity index is 168. The molecule has 1 N–H and O–H groups in total. The van der Waals surface area contributed by atoms with Crippen molar-refractivity contribution in [2.24, 2.45) is 5.92 Å². The summed E-state index contributed by atoms with van der Waals surface area (Å²) in [6, 6.07) is 0.673. The quantitative estimate of drug-likeness (QED) is 0.673. The van der Waals surface area contributed by atoms with Gasteiger partial charge in [0, 0.05) is 12.6 Å². The second-order valence-corrected chi connectivity index (χ2v) is 5.14. The first-order valence-corrected chi connectivity index (χ1v) is 7.12. The molecule has 1 aliphatic rings. The summed E-state index contributed by atoms with van der Waals surface area (Å²) in [7, 11) is 0. The molecule has 0 heterocycles. The summed E-state index contributed by atoms with van der Waals surface area (Å²) < 4.78 is 5.97. The normalized spacial score (nSPS) is 26.2. The van der Waals surface area contributed by atoms with Crippen LogP contribution in [0.25, 0.3) is 0 Å². The van der Waals surface area contributed by atoms with Crippen LogP contribution >= 0.6 is 0 Å². The second kappa shape index (κ2) is 8.08. The second-order valence-electron chi connectivity index (χ2n) is 5.14. The van der Waals surface area contributed by atoms with Crippen molar-refractivity contribution in [1.82, 2.24) is 5.32 Å². The van der Waals surface area contributed by atoms with Crippen molar-refractivity contribution in [3.63, 3.8) is 0 Å². The maximum Gasteiger partial charge on any atom is 0.0601 e. The first kappa shape index (κ1) is 14.0. The Kier molecular flexibility index (Phi) is 7.06. The molecule has 0 bridgehead atoms. The van der Waals surface area contributed by atoms with Gasteiger partial charge in [0.1, 0.15) is 0 Å². The summed E-state index contributed by atoms with van der Waals surface area (Å²) in [4.78, 5) is 0. The van der Waals surface area contributed by atoms with Crippen LogP contribution in [0, 0.1) is 5.92 Å². The molecule has 0 amide bonds. The lowest BCUT2D eigenvalue weighted by Crippen LogP contribution is -2.33. The average molecular weight is 227 g/mol. The molecule has 96 valence electrons. The highest BCUT2D eigenvalue weighted by Crippen LogP contribution is 2.25. The maximum atomic E-state index is 5.97. The molecular formula is C14H29NO. The molecule has 16 heavy (non-hydrogen) atoms. The molecule has 1 saturated carbocycles. The third-order valence-electron chi connectivity index (χ3n) is 3.89. The predicted octanol–water partition coefficient (Wildman–Crippen LogP) is 3.36. The van der Waals surface area contributed by atoms with Crippen molar-refractivity contribution in [2.45, 2.75) is 71.4 Å². The van der Waals surface area contributed by atoms with E-state index in [9.17, 15) is 0 Å². The zero-order valence-electron chi connectivity index (χ0n) is 11.3. The van der Waals surface area contributed by atoms with Crippen LogP contribution in [0.4, 0.5) is 0 Å². The zero-order chi connectivity index (χ0) is 11.8. The number of rotatable bonds is 7. The molecule has 2 unspecified atom stereocenters. The standard InChI is InChI=1S/C14H29NO/c1-4-13(5-2)15-10-11-16-14-9-7-6-8-12(14)3/h12-15H,4-11H2,1-3H3. The first-order chi connectivity index (χ1) is 7.77. The smallest absolute Gasteiger partial charge is 0.0601 e. The molecule has 1 rings (SSSR count). The molecule has 0 spiro atoms. The molecular weight excluding hydrogens is 198 g/mol. The van der Waals surface area contributed by atoms with E-state index in [1.807, 2.05) is 0 Å². The lowest BCUT2D eigenvalue weighted by molar-refractivity contribution is -0.00389. The Labute approximate surface area is 101 Å². The molecule has 0 saturated heterocycles. The van der Waals surface area contributed by atoms with Gasteiger partial charge in [-0.1, -0.05) is 33.6 Å². The van der Waals surface area contributed by atoms with Crippen LogP contribution < -0.4 is 5.32 Å². The monoisotopic (exact) mass is 227 g/mol. The van der Waals surface area contributed by atoms with Gasteiger partial charge in [0.25, 0.3) is 0 Å². The SMILES string of the molecule is CCC(CC)NCCOC1CCCCC1C. The summed E-state index contributed by atoms with van der Waals surface area (Å²) in [5, 5.41) is 3.55. The highest BCUT2D eigenvalue weighted by atomic mass is 16.5. The summed E-state index contributed by atoms with van der Waals surface area (Å²) in [6.07, 6.45) is 8.34. The maximum absolute atomic E-state index is 5.97. The van der Waals surface area contributed by atoms with Crippen LogP contribution in [0.3, 0.4) is 0 Å². The van der Waals surface area contributed by atoms with E-state index in [0.717, 1.165) is 19.1 Å². The Hall–Kier alpha value is -0.0800. The lowest BCUT2D eigenvalue weighted by Gasteiger charge is -2.29. The van der Waals surface area contributed by atoms with E-state index >= 15 is 0 Å². The molecule has 2 nitrogen and oxygen atoms in total. The van der Waals surface area contributed by atoms with Gasteiger partial charge in [-0.05, 0) is 31.6 Å². The van der Waals surface area contributed by atoms with E-state index in [1.54, 1.807) is 0 Å². The van der Waals surface area contributed by atoms with Gasteiger partial charge < -0.3 is 10.1 Å². The van der Waals surface area contributed by atoms with Gasteiger partial charge >= 0.3 is 0 Å². The number of ether oxygens (including phenoxy) is 1. The molecule has 1 fully saturated rings. The van der Waals surface area contributed by atoms with Crippen LogP contribution in [-0.2, 0) is 4.74 Å². The number of hydrogen-bond acceptors (Lipinski definition) is 2. The molecule has 0 aromatic carbocycles. The minimum Gasteiger partial charge on any atom is -0.377 e. The Morgan fingerprint density at radius 3 is 2.50 bits per heavy atom. The van der Waals surface area contributed by atoms with Crippen LogP contribution in [0.2, 0.25) is 0 Å². The largest absolute Gasteiger partial charge is 0.377 e. The summed E-state index contributed by atoms with van der Waals surface area (Å²) in [6.45, 7) is 8.70. The van der Waals surface area contributed by atoms with Crippen LogP contribution in [0.5, 0.6) is 0 Å². The van der Waals surface area contributed by atoms with E-state index in [1.165, 1.54) is 38.5 Å². The molecule has 0 aliphatic heterocycles. The van der Waals surface area contributed by atoms with Crippen molar-refractivity contribution in [1.29, 1.82) is 0 Å². The van der Waals surface area contributed by atoms with Gasteiger partial charge in [0.15, 0.2) is 0 Å². The van der Waals surface area contributed by atoms with Crippen molar-refractivity contribution in [3.8, 4) is 0 Å². The third kappa shape index (κ3) is 4.84. The van der Waals surface area contributed by atoms with Gasteiger partial charge in [-0.15, -0.1) is 0 Å². The Morgan fingerprint density at radius 2 is 1.88 bits per heavy atom. The molecule has 0 aromatic heterocycles. The molecule has 2 atom stereocenters. The van der Waals surface area contributed by atoms with Gasteiger partial charge in [-0.2, -0.15) is 0 Å².